The number of nitrogens with zero attached hydrogens (tertiary/aromatic N) is 3. The van der Waals surface area contributed by atoms with Crippen LogP contribution in [0.15, 0.2) is 60.9 Å². The molecule has 2 atom stereocenters. The molecule has 0 bridgehead atoms. The van der Waals surface area contributed by atoms with E-state index in [1.165, 1.54) is 5.56 Å². The van der Waals surface area contributed by atoms with Gasteiger partial charge in [-0.15, -0.1) is 0 Å². The molecule has 3 aromatic rings. The molecule has 2 heterocycles. The first-order valence-electron chi connectivity index (χ1n) is 11.3. The molecule has 2 unspecified atom stereocenters. The highest BCUT2D eigenvalue weighted by Crippen LogP contribution is 2.21. The van der Waals surface area contributed by atoms with Gasteiger partial charge in [-0.2, -0.15) is 5.26 Å². The molecule has 1 saturated heterocycles. The fourth-order valence-electron chi connectivity index (χ4n) is 4.44. The highest BCUT2D eigenvalue weighted by atomic mass is 35.5. The molecule has 0 aliphatic carbocycles. The number of H-pyrrole nitrogens is 1. The molecule has 2 aromatic carbocycles. The molecule has 33 heavy (non-hydrogen) atoms. The molecule has 0 radical (unpaired) electrons. The van der Waals surface area contributed by atoms with Crippen molar-refractivity contribution in [3.05, 3.63) is 88.5 Å². The number of nitrogens with one attached hydrogen (secondary N) is 2. The molecule has 1 fully saturated rings. The lowest BCUT2D eigenvalue weighted by Crippen LogP contribution is -2.47. The summed E-state index contributed by atoms with van der Waals surface area (Å²) in [5.41, 5.74) is 2.88. The van der Waals surface area contributed by atoms with Crippen molar-refractivity contribution in [3.8, 4) is 6.07 Å². The smallest absolute Gasteiger partial charge is 0.224 e. The van der Waals surface area contributed by atoms with Crippen molar-refractivity contribution in [2.75, 3.05) is 13.1 Å². The highest BCUT2D eigenvalue weighted by molar-refractivity contribution is 6.30. The maximum atomic E-state index is 13.2. The molecule has 2 N–H and O–H groups in total. The molecule has 1 aliphatic heterocycles. The normalized spacial score (nSPS) is 17.3. The average Bonchev–Trinajstić information content (AvgIpc) is 3.33. The lowest BCUT2D eigenvalue weighted by molar-refractivity contribution is -0.127. The largest absolute Gasteiger partial charge is 0.352 e. The summed E-state index contributed by atoms with van der Waals surface area (Å²) in [6.45, 7) is 2.52. The number of piperidine rings is 1. The van der Waals surface area contributed by atoms with Crippen LogP contribution in [0.5, 0.6) is 0 Å². The average molecular weight is 462 g/mol. The van der Waals surface area contributed by atoms with Crippen molar-refractivity contribution < 1.29 is 4.79 Å². The number of halogens is 1. The van der Waals surface area contributed by atoms with Crippen molar-refractivity contribution in [2.24, 2.45) is 5.92 Å². The lowest BCUT2D eigenvalue weighted by atomic mass is 9.95. The quantitative estimate of drug-likeness (QED) is 0.528. The minimum Gasteiger partial charge on any atom is -0.352 e. The van der Waals surface area contributed by atoms with Crippen LogP contribution in [-0.4, -0.2) is 39.9 Å². The van der Waals surface area contributed by atoms with Gasteiger partial charge in [0, 0.05) is 43.0 Å². The van der Waals surface area contributed by atoms with Gasteiger partial charge in [0.25, 0.3) is 0 Å². The van der Waals surface area contributed by atoms with Gasteiger partial charge < -0.3 is 10.3 Å². The van der Waals surface area contributed by atoms with Crippen molar-refractivity contribution in [1.82, 2.24) is 20.2 Å². The second-order valence-electron chi connectivity index (χ2n) is 8.66. The highest BCUT2D eigenvalue weighted by Gasteiger charge is 2.27. The second kappa shape index (κ2) is 11.1. The Morgan fingerprint density at radius 3 is 2.82 bits per heavy atom. The van der Waals surface area contributed by atoms with Gasteiger partial charge in [0.15, 0.2) is 0 Å². The van der Waals surface area contributed by atoms with Crippen LogP contribution in [0.25, 0.3) is 0 Å². The van der Waals surface area contributed by atoms with E-state index in [0.29, 0.717) is 18.4 Å². The van der Waals surface area contributed by atoms with Crippen LogP contribution in [-0.2, 0) is 24.2 Å². The van der Waals surface area contributed by atoms with Gasteiger partial charge in [0.05, 0.1) is 17.6 Å². The number of carbonyl (C=O) groups is 1. The van der Waals surface area contributed by atoms with Crippen molar-refractivity contribution in [1.29, 1.82) is 5.26 Å². The van der Waals surface area contributed by atoms with E-state index < -0.39 is 0 Å². The first kappa shape index (κ1) is 23.0. The summed E-state index contributed by atoms with van der Waals surface area (Å²) in [7, 11) is 0. The van der Waals surface area contributed by atoms with Gasteiger partial charge >= 0.3 is 0 Å². The number of amides is 1. The number of imidazole rings is 1. The Labute approximate surface area is 199 Å². The van der Waals surface area contributed by atoms with Gasteiger partial charge in [-0.3, -0.25) is 9.69 Å². The van der Waals surface area contributed by atoms with E-state index in [1.54, 1.807) is 12.4 Å². The zero-order chi connectivity index (χ0) is 23.0. The monoisotopic (exact) mass is 461 g/mol. The number of rotatable bonds is 8. The predicted octanol–water partition coefficient (Wildman–Crippen LogP) is 4.12. The zero-order valence-electron chi connectivity index (χ0n) is 18.5. The molecule has 0 spiro atoms. The van der Waals surface area contributed by atoms with Crippen LogP contribution in [0, 0.1) is 17.2 Å². The first-order chi connectivity index (χ1) is 16.1. The SMILES string of the molecule is N#Cc1ccc(CC(Cc2ncc[nH]2)NC(=O)C2CCCN(Cc3cccc(Cl)c3)C2)cc1. The summed E-state index contributed by atoms with van der Waals surface area (Å²) >= 11 is 6.13. The van der Waals surface area contributed by atoms with E-state index in [1.807, 2.05) is 42.5 Å². The fourth-order valence-corrected chi connectivity index (χ4v) is 4.66. The van der Waals surface area contributed by atoms with Crippen LogP contribution in [0.3, 0.4) is 0 Å². The van der Waals surface area contributed by atoms with Gasteiger partial charge in [-0.05, 0) is 61.2 Å². The van der Waals surface area contributed by atoms with Crippen LogP contribution in [0.2, 0.25) is 5.02 Å². The maximum Gasteiger partial charge on any atom is 0.224 e. The molecular weight excluding hydrogens is 434 g/mol. The Balaban J connectivity index is 1.39. The molecule has 1 aromatic heterocycles. The van der Waals surface area contributed by atoms with Crippen molar-refractivity contribution >= 4 is 17.5 Å². The predicted molar refractivity (Wildman–Crippen MR) is 129 cm³/mol. The lowest BCUT2D eigenvalue weighted by Gasteiger charge is -2.33. The number of hydrogen-bond acceptors (Lipinski definition) is 4. The Hall–Kier alpha value is -3.14. The number of carbonyl (C=O) groups excluding carboxylic acids is 1. The van der Waals surface area contributed by atoms with Crippen molar-refractivity contribution in [3.63, 3.8) is 0 Å². The molecule has 7 heteroatoms. The molecule has 0 saturated carbocycles. The number of aromatic amines is 1. The minimum atomic E-state index is -0.0834. The summed E-state index contributed by atoms with van der Waals surface area (Å²) in [5, 5.41) is 13.1. The first-order valence-corrected chi connectivity index (χ1v) is 11.7. The molecule has 1 amide bonds. The molecule has 170 valence electrons. The van der Waals surface area contributed by atoms with Crippen LogP contribution in [0.1, 0.15) is 35.4 Å². The summed E-state index contributed by atoms with van der Waals surface area (Å²) in [6, 6.07) is 17.5. The Morgan fingerprint density at radius 1 is 1.24 bits per heavy atom. The van der Waals surface area contributed by atoms with E-state index in [9.17, 15) is 4.79 Å². The number of benzene rings is 2. The molecular formula is C26H28ClN5O. The van der Waals surface area contributed by atoms with E-state index in [-0.39, 0.29) is 17.9 Å². The van der Waals surface area contributed by atoms with Crippen LogP contribution < -0.4 is 5.32 Å². The van der Waals surface area contributed by atoms with Gasteiger partial charge in [-0.1, -0.05) is 35.9 Å². The van der Waals surface area contributed by atoms with Crippen molar-refractivity contribution in [2.45, 2.75) is 38.3 Å². The third-order valence-corrected chi connectivity index (χ3v) is 6.31. The standard InChI is InChI=1S/C26H28ClN5O/c27-23-5-1-3-21(13-23)17-32-12-2-4-22(18-32)26(33)31-24(15-25-29-10-11-30-25)14-19-6-8-20(16-28)9-7-19/h1,3,5-11,13,22,24H,2,4,12,14-15,17-18H2,(H,29,30)(H,31,33). The minimum absolute atomic E-state index is 0.0435. The van der Waals surface area contributed by atoms with E-state index in [2.05, 4.69) is 32.3 Å². The van der Waals surface area contributed by atoms with E-state index in [4.69, 9.17) is 16.9 Å². The van der Waals surface area contributed by atoms with Gasteiger partial charge in [0.2, 0.25) is 5.91 Å². The zero-order valence-corrected chi connectivity index (χ0v) is 19.3. The third kappa shape index (κ3) is 6.67. The molecule has 6 nitrogen and oxygen atoms in total. The van der Waals surface area contributed by atoms with Crippen LogP contribution >= 0.6 is 11.6 Å². The number of nitriles is 1. The molecule has 4 rings (SSSR count). The number of hydrogen-bond donors (Lipinski definition) is 2. The van der Waals surface area contributed by atoms with Gasteiger partial charge in [0.1, 0.15) is 5.82 Å². The Kier molecular flexibility index (Phi) is 7.77. The van der Waals surface area contributed by atoms with Gasteiger partial charge in [-0.25, -0.2) is 4.98 Å². The Bertz CT molecular complexity index is 1090. The molecule has 1 aliphatic rings. The summed E-state index contributed by atoms with van der Waals surface area (Å²) in [5.74, 6) is 0.897. The third-order valence-electron chi connectivity index (χ3n) is 6.08. The number of aromatic nitrogens is 2. The second-order valence-corrected chi connectivity index (χ2v) is 9.10. The topological polar surface area (TPSA) is 84.8 Å². The van der Waals surface area contributed by atoms with E-state index >= 15 is 0 Å². The summed E-state index contributed by atoms with van der Waals surface area (Å²) in [6.07, 6.45) is 6.71. The Morgan fingerprint density at radius 2 is 2.09 bits per heavy atom. The van der Waals surface area contributed by atoms with E-state index in [0.717, 1.165) is 48.9 Å². The summed E-state index contributed by atoms with van der Waals surface area (Å²) < 4.78 is 0. The number of likely N-dealkylation sites (tertiary alicyclic amines) is 1. The fraction of sp³-hybridized carbons (Fsp3) is 0.346. The van der Waals surface area contributed by atoms with Crippen LogP contribution in [0.4, 0.5) is 0 Å². The maximum absolute atomic E-state index is 13.2. The summed E-state index contributed by atoms with van der Waals surface area (Å²) in [4.78, 5) is 23.1.